The highest BCUT2D eigenvalue weighted by molar-refractivity contribution is 9.10. The Hall–Kier alpha value is -2.55. The lowest BCUT2D eigenvalue weighted by molar-refractivity contribution is -0.122. The second-order valence-corrected chi connectivity index (χ2v) is 10.4. The largest absolute Gasteiger partial charge is 0.415 e. The Labute approximate surface area is 200 Å². The Balaban J connectivity index is 1.57. The van der Waals surface area contributed by atoms with Crippen LogP contribution in [0.4, 0.5) is 0 Å². The van der Waals surface area contributed by atoms with Gasteiger partial charge in [-0.1, -0.05) is 19.1 Å². The minimum absolute atomic E-state index is 0.245. The molecule has 0 amide bonds. The van der Waals surface area contributed by atoms with Crippen LogP contribution < -0.4 is 0 Å². The molecule has 0 unspecified atom stereocenters. The number of rotatable bonds is 3. The number of aryl methyl sites for hydroxylation is 1. The van der Waals surface area contributed by atoms with E-state index in [1.54, 1.807) is 12.4 Å². The summed E-state index contributed by atoms with van der Waals surface area (Å²) in [7, 11) is 6.16. The Morgan fingerprint density at radius 2 is 2.00 bits per heavy atom. The third kappa shape index (κ3) is 2.97. The molecule has 33 heavy (non-hydrogen) atoms. The fraction of sp³-hybridized carbons (Fsp3) is 0.400. The highest BCUT2D eigenvalue weighted by atomic mass is 79.9. The van der Waals surface area contributed by atoms with E-state index in [4.69, 9.17) is 9.15 Å². The molecule has 0 bridgehead atoms. The molecule has 1 fully saturated rings. The average molecular weight is 508 g/mol. The van der Waals surface area contributed by atoms with E-state index in [1.165, 1.54) is 16.5 Å². The van der Waals surface area contributed by atoms with Crippen molar-refractivity contribution in [2.24, 2.45) is 13.0 Å². The fourth-order valence-corrected chi connectivity index (χ4v) is 6.56. The van der Waals surface area contributed by atoms with E-state index in [9.17, 15) is 0 Å². The molecular weight excluding hydrogens is 482 g/mol. The number of piperidine rings is 1. The predicted molar refractivity (Wildman–Crippen MR) is 130 cm³/mol. The van der Waals surface area contributed by atoms with Gasteiger partial charge in [-0.2, -0.15) is 0 Å². The van der Waals surface area contributed by atoms with Crippen LogP contribution in [0.5, 0.6) is 0 Å². The smallest absolute Gasteiger partial charge is 0.264 e. The quantitative estimate of drug-likeness (QED) is 0.397. The molecule has 8 heteroatoms. The first-order valence-electron chi connectivity index (χ1n) is 11.2. The van der Waals surface area contributed by atoms with Gasteiger partial charge < -0.3 is 13.7 Å². The molecular formula is C25H26BrN5O2. The second-order valence-electron chi connectivity index (χ2n) is 9.45. The molecule has 6 rings (SSSR count). The third-order valence-corrected chi connectivity index (χ3v) is 7.88. The van der Waals surface area contributed by atoms with Gasteiger partial charge in [0, 0.05) is 54.5 Å². The van der Waals surface area contributed by atoms with Crippen molar-refractivity contribution in [2.75, 3.05) is 20.7 Å². The number of hydrogen-bond acceptors (Lipinski definition) is 6. The lowest BCUT2D eigenvalue weighted by Crippen LogP contribution is -2.59. The predicted octanol–water partition coefficient (Wildman–Crippen LogP) is 4.79. The van der Waals surface area contributed by atoms with Crippen molar-refractivity contribution < 1.29 is 9.15 Å². The molecule has 4 aromatic rings. The second kappa shape index (κ2) is 7.48. The highest BCUT2D eigenvalue weighted by Gasteiger charge is 2.51. The molecule has 1 saturated heterocycles. The summed E-state index contributed by atoms with van der Waals surface area (Å²) in [5.74, 6) is 1.55. The molecule has 7 nitrogen and oxygen atoms in total. The first-order valence-corrected chi connectivity index (χ1v) is 12.0. The number of hydrogen-bond donors (Lipinski definition) is 0. The van der Waals surface area contributed by atoms with Gasteiger partial charge >= 0.3 is 0 Å². The number of likely N-dealkylation sites (N-methyl/N-ethyl adjacent to an activating group) is 1. The van der Waals surface area contributed by atoms with E-state index in [2.05, 4.69) is 79.8 Å². The van der Waals surface area contributed by atoms with Crippen LogP contribution in [0.1, 0.15) is 24.5 Å². The molecule has 4 heterocycles. The van der Waals surface area contributed by atoms with E-state index in [1.807, 2.05) is 13.2 Å². The minimum Gasteiger partial charge on any atom is -0.415 e. The van der Waals surface area contributed by atoms with Crippen molar-refractivity contribution in [1.82, 2.24) is 24.6 Å². The van der Waals surface area contributed by atoms with E-state index in [0.717, 1.165) is 40.6 Å². The zero-order valence-corrected chi connectivity index (χ0v) is 20.8. The number of benzene rings is 1. The third-order valence-electron chi connectivity index (χ3n) is 7.45. The molecule has 1 aromatic carbocycles. The molecule has 170 valence electrons. The Kier molecular flexibility index (Phi) is 4.76. The van der Waals surface area contributed by atoms with Gasteiger partial charge in [-0.15, -0.1) is 10.2 Å². The number of nitrogens with zero attached hydrogens (tertiary/aromatic N) is 5. The number of fused-ring (bicyclic) bond motifs is 2. The summed E-state index contributed by atoms with van der Waals surface area (Å²) < 4.78 is 15.7. The van der Waals surface area contributed by atoms with Crippen molar-refractivity contribution in [1.29, 1.82) is 0 Å². The first kappa shape index (κ1) is 21.0. The normalized spacial score (nSPS) is 24.9. The topological polar surface area (TPSA) is 69.2 Å². The zero-order chi connectivity index (χ0) is 22.9. The van der Waals surface area contributed by atoms with Crippen molar-refractivity contribution in [3.63, 3.8) is 0 Å². The van der Waals surface area contributed by atoms with E-state index >= 15 is 0 Å². The summed E-state index contributed by atoms with van der Waals surface area (Å²) in [6.07, 6.45) is 5.36. The summed E-state index contributed by atoms with van der Waals surface area (Å²) >= 11 is 3.47. The molecule has 1 aliphatic carbocycles. The molecule has 1 aliphatic heterocycles. The van der Waals surface area contributed by atoms with Gasteiger partial charge in [0.1, 0.15) is 11.3 Å². The van der Waals surface area contributed by atoms with Crippen LogP contribution in [0.15, 0.2) is 45.5 Å². The minimum atomic E-state index is -0.320. The summed E-state index contributed by atoms with van der Waals surface area (Å²) in [6.45, 7) is 3.38. The molecule has 3 atom stereocenters. The summed E-state index contributed by atoms with van der Waals surface area (Å²) in [5, 5.41) is 10.1. The maximum absolute atomic E-state index is 6.38. The van der Waals surface area contributed by atoms with Crippen LogP contribution in [-0.4, -0.2) is 51.4 Å². The standard InChI is InChI=1S/C25H26BrN5O2/c1-14-10-25(32-4)18-6-5-7-19-21(18)17(9-20(25)30(2)13-14)22(31(19)3)24-29-28-23(33-24)15-8-16(26)12-27-11-15/h5-8,11-12,14,20H,9-10,13H2,1-4H3/t14-,20-,25+/m1/s1. The SMILES string of the molecule is CO[C@]12C[C@@H](C)CN(C)[C@@H]1Cc1c(-c3nnc(-c4cncc(Br)c4)o3)n(C)c3cccc2c13. The molecule has 0 spiro atoms. The van der Waals surface area contributed by atoms with Gasteiger partial charge in [0.2, 0.25) is 5.89 Å². The van der Waals surface area contributed by atoms with Crippen LogP contribution >= 0.6 is 15.9 Å². The molecule has 0 N–H and O–H groups in total. The highest BCUT2D eigenvalue weighted by Crippen LogP contribution is 2.51. The lowest BCUT2D eigenvalue weighted by Gasteiger charge is -2.52. The molecule has 2 aliphatic rings. The van der Waals surface area contributed by atoms with Crippen LogP contribution in [0.2, 0.25) is 0 Å². The number of aromatic nitrogens is 4. The van der Waals surface area contributed by atoms with Crippen molar-refractivity contribution in [3.8, 4) is 23.0 Å². The van der Waals surface area contributed by atoms with Crippen molar-refractivity contribution in [3.05, 3.63) is 52.3 Å². The van der Waals surface area contributed by atoms with Crippen LogP contribution in [-0.2, 0) is 23.8 Å². The van der Waals surface area contributed by atoms with Crippen molar-refractivity contribution >= 4 is 26.8 Å². The Morgan fingerprint density at radius 3 is 2.79 bits per heavy atom. The van der Waals surface area contributed by atoms with Gasteiger partial charge in [-0.3, -0.25) is 9.88 Å². The Bertz CT molecular complexity index is 1380. The summed E-state index contributed by atoms with van der Waals surface area (Å²) in [5.41, 5.74) is 5.14. The zero-order valence-electron chi connectivity index (χ0n) is 19.2. The van der Waals surface area contributed by atoms with Gasteiger partial charge in [0.05, 0.1) is 5.56 Å². The first-order chi connectivity index (χ1) is 15.9. The molecule has 0 radical (unpaired) electrons. The van der Waals surface area contributed by atoms with Crippen LogP contribution in [0, 0.1) is 5.92 Å². The maximum Gasteiger partial charge on any atom is 0.264 e. The average Bonchev–Trinajstić information content (AvgIpc) is 3.39. The van der Waals surface area contributed by atoms with Gasteiger partial charge in [0.25, 0.3) is 5.89 Å². The fourth-order valence-electron chi connectivity index (χ4n) is 6.19. The van der Waals surface area contributed by atoms with E-state index < -0.39 is 0 Å². The number of likely N-dealkylation sites (tertiary alicyclic amines) is 1. The van der Waals surface area contributed by atoms with E-state index in [-0.39, 0.29) is 11.6 Å². The lowest BCUT2D eigenvalue weighted by atomic mass is 9.68. The van der Waals surface area contributed by atoms with Crippen molar-refractivity contribution in [2.45, 2.75) is 31.4 Å². The van der Waals surface area contributed by atoms with Crippen LogP contribution in [0.3, 0.4) is 0 Å². The molecule has 3 aromatic heterocycles. The number of methoxy groups -OCH3 is 1. The molecule has 0 saturated carbocycles. The Morgan fingerprint density at radius 1 is 1.18 bits per heavy atom. The van der Waals surface area contributed by atoms with Crippen LogP contribution in [0.25, 0.3) is 33.9 Å². The van der Waals surface area contributed by atoms with E-state index in [0.29, 0.717) is 17.7 Å². The maximum atomic E-state index is 6.38. The van der Waals surface area contributed by atoms with Gasteiger partial charge in [0.15, 0.2) is 0 Å². The summed E-state index contributed by atoms with van der Waals surface area (Å²) in [4.78, 5) is 6.69. The number of ether oxygens (including phenoxy) is 1. The summed E-state index contributed by atoms with van der Waals surface area (Å²) in [6, 6.07) is 8.72. The number of pyridine rings is 1. The van der Waals surface area contributed by atoms with Gasteiger partial charge in [-0.05, 0) is 65.0 Å². The number of halogens is 1. The monoisotopic (exact) mass is 507 g/mol. The van der Waals surface area contributed by atoms with Gasteiger partial charge in [-0.25, -0.2) is 0 Å².